The summed E-state index contributed by atoms with van der Waals surface area (Å²) in [5.41, 5.74) is 6.61. The molecule has 0 heterocycles. The first-order valence-corrected chi connectivity index (χ1v) is 8.14. The van der Waals surface area contributed by atoms with E-state index in [4.69, 9.17) is 10.5 Å². The first-order valence-electron chi connectivity index (χ1n) is 6.65. The maximum Gasteiger partial charge on any atom is 0.244 e. The van der Waals surface area contributed by atoms with Crippen molar-refractivity contribution in [2.45, 2.75) is 44.0 Å². The molecule has 3 N–H and O–H groups in total. The van der Waals surface area contributed by atoms with Crippen LogP contribution in [0.25, 0.3) is 0 Å². The predicted octanol–water partition coefficient (Wildman–Crippen LogP) is 2.05. The van der Waals surface area contributed by atoms with Gasteiger partial charge in [0.15, 0.2) is 0 Å². The van der Waals surface area contributed by atoms with Gasteiger partial charge in [0.05, 0.1) is 7.11 Å². The molecule has 1 fully saturated rings. The Morgan fingerprint density at radius 2 is 1.95 bits per heavy atom. The van der Waals surface area contributed by atoms with Crippen LogP contribution in [0.2, 0.25) is 0 Å². The summed E-state index contributed by atoms with van der Waals surface area (Å²) in [5.74, 6) is 0.710. The number of nitrogens with two attached hydrogens (primary N) is 1. The summed E-state index contributed by atoms with van der Waals surface area (Å²) in [4.78, 5) is 0.0943. The maximum absolute atomic E-state index is 12.6. The van der Waals surface area contributed by atoms with Gasteiger partial charge in [0.1, 0.15) is 10.6 Å². The molecule has 0 aromatic heterocycles. The van der Waals surface area contributed by atoms with Crippen LogP contribution in [0.1, 0.15) is 32.3 Å². The third-order valence-electron chi connectivity index (χ3n) is 3.84. The van der Waals surface area contributed by atoms with E-state index in [1.54, 1.807) is 6.07 Å². The van der Waals surface area contributed by atoms with E-state index in [2.05, 4.69) is 4.72 Å². The molecule has 0 bridgehead atoms. The van der Waals surface area contributed by atoms with Crippen molar-refractivity contribution in [2.24, 2.45) is 5.92 Å². The zero-order valence-corrected chi connectivity index (χ0v) is 13.2. The van der Waals surface area contributed by atoms with Gasteiger partial charge in [0.2, 0.25) is 10.0 Å². The van der Waals surface area contributed by atoms with Gasteiger partial charge in [-0.1, -0.05) is 0 Å². The Morgan fingerprint density at radius 3 is 2.45 bits per heavy atom. The van der Waals surface area contributed by atoms with Crippen LogP contribution in [0.5, 0.6) is 5.75 Å². The Kier molecular flexibility index (Phi) is 3.73. The second-order valence-corrected chi connectivity index (χ2v) is 7.61. The summed E-state index contributed by atoms with van der Waals surface area (Å²) in [6.45, 7) is 5.63. The highest BCUT2D eigenvalue weighted by Gasteiger charge is 2.41. The molecule has 0 unspecified atom stereocenters. The summed E-state index contributed by atoms with van der Waals surface area (Å²) in [7, 11) is -2.21. The number of methoxy groups -OCH3 is 1. The molecule has 0 aliphatic heterocycles. The first-order chi connectivity index (χ1) is 9.17. The SMILES string of the molecule is COc1cc(C)c(N)cc1S(=O)(=O)NC(C)(C)C1CC1. The normalized spacial score (nSPS) is 16.2. The Labute approximate surface area is 120 Å². The van der Waals surface area contributed by atoms with E-state index in [0.29, 0.717) is 17.4 Å². The summed E-state index contributed by atoms with van der Waals surface area (Å²) in [6.07, 6.45) is 2.12. The van der Waals surface area contributed by atoms with Crippen LogP contribution in [0.4, 0.5) is 5.69 Å². The predicted molar refractivity (Wildman–Crippen MR) is 79.3 cm³/mol. The minimum atomic E-state index is -3.66. The molecule has 1 aromatic rings. The zero-order valence-electron chi connectivity index (χ0n) is 12.4. The maximum atomic E-state index is 12.6. The van der Waals surface area contributed by atoms with Gasteiger partial charge in [-0.3, -0.25) is 0 Å². The lowest BCUT2D eigenvalue weighted by molar-refractivity contribution is 0.389. The highest BCUT2D eigenvalue weighted by atomic mass is 32.2. The standard InChI is InChI=1S/C14H22N2O3S/c1-9-7-12(19-4)13(8-11(9)15)20(17,18)16-14(2,3)10-5-6-10/h7-8,10,16H,5-6,15H2,1-4H3. The van der Waals surface area contributed by atoms with Crippen LogP contribution in [0, 0.1) is 12.8 Å². The van der Waals surface area contributed by atoms with E-state index in [0.717, 1.165) is 18.4 Å². The van der Waals surface area contributed by atoms with Crippen molar-refractivity contribution in [1.82, 2.24) is 4.72 Å². The van der Waals surface area contributed by atoms with Crippen molar-refractivity contribution in [3.05, 3.63) is 17.7 Å². The fraction of sp³-hybridized carbons (Fsp3) is 0.571. The van der Waals surface area contributed by atoms with Crippen molar-refractivity contribution < 1.29 is 13.2 Å². The van der Waals surface area contributed by atoms with Crippen LogP contribution < -0.4 is 15.2 Å². The van der Waals surface area contributed by atoms with Gasteiger partial charge in [0.25, 0.3) is 0 Å². The molecule has 0 spiro atoms. The molecule has 0 saturated heterocycles. The Hall–Kier alpha value is -1.27. The van der Waals surface area contributed by atoms with Gasteiger partial charge in [-0.15, -0.1) is 0 Å². The van der Waals surface area contributed by atoms with Gasteiger partial charge in [0, 0.05) is 11.2 Å². The van der Waals surface area contributed by atoms with Crippen LogP contribution in [-0.4, -0.2) is 21.1 Å². The third kappa shape index (κ3) is 2.91. The number of nitrogen functional groups attached to an aromatic ring is 1. The molecule has 0 atom stereocenters. The van der Waals surface area contributed by atoms with Crippen molar-refractivity contribution >= 4 is 15.7 Å². The second-order valence-electron chi connectivity index (χ2n) is 5.96. The Bertz CT molecular complexity index is 620. The molecule has 20 heavy (non-hydrogen) atoms. The lowest BCUT2D eigenvalue weighted by atomic mass is 10.0. The van der Waals surface area contributed by atoms with Gasteiger partial charge < -0.3 is 10.5 Å². The highest BCUT2D eigenvalue weighted by Crippen LogP contribution is 2.40. The molecule has 0 amide bonds. The van der Waals surface area contributed by atoms with E-state index in [1.807, 2.05) is 20.8 Å². The van der Waals surface area contributed by atoms with Crippen LogP contribution in [-0.2, 0) is 10.0 Å². The van der Waals surface area contributed by atoms with Gasteiger partial charge in [-0.25, -0.2) is 13.1 Å². The highest BCUT2D eigenvalue weighted by molar-refractivity contribution is 7.89. The number of aryl methyl sites for hydroxylation is 1. The van der Waals surface area contributed by atoms with Gasteiger partial charge >= 0.3 is 0 Å². The smallest absolute Gasteiger partial charge is 0.244 e. The zero-order chi connectivity index (χ0) is 15.1. The first kappa shape index (κ1) is 15.1. The average molecular weight is 298 g/mol. The number of rotatable bonds is 5. The van der Waals surface area contributed by atoms with Crippen molar-refractivity contribution in [1.29, 1.82) is 0 Å². The minimum Gasteiger partial charge on any atom is -0.495 e. The molecular weight excluding hydrogens is 276 g/mol. The number of anilines is 1. The van der Waals surface area contributed by atoms with Crippen LogP contribution >= 0.6 is 0 Å². The fourth-order valence-electron chi connectivity index (χ4n) is 2.34. The van der Waals surface area contributed by atoms with E-state index in [9.17, 15) is 8.42 Å². The molecule has 1 aromatic carbocycles. The topological polar surface area (TPSA) is 81.4 Å². The van der Waals surface area contributed by atoms with E-state index in [-0.39, 0.29) is 4.90 Å². The summed E-state index contributed by atoms with van der Waals surface area (Å²) < 4.78 is 33.1. The quantitative estimate of drug-likeness (QED) is 0.815. The van der Waals surface area contributed by atoms with Gasteiger partial charge in [-0.2, -0.15) is 0 Å². The van der Waals surface area contributed by atoms with Crippen molar-refractivity contribution in [3.8, 4) is 5.75 Å². The Morgan fingerprint density at radius 1 is 1.35 bits per heavy atom. The van der Waals surface area contributed by atoms with Crippen molar-refractivity contribution in [2.75, 3.05) is 12.8 Å². The largest absolute Gasteiger partial charge is 0.495 e. The molecule has 1 aliphatic carbocycles. The molecule has 112 valence electrons. The summed E-state index contributed by atoms with van der Waals surface area (Å²) in [6, 6.07) is 3.10. The van der Waals surface area contributed by atoms with E-state index in [1.165, 1.54) is 13.2 Å². The molecule has 1 saturated carbocycles. The number of hydrogen-bond acceptors (Lipinski definition) is 4. The number of sulfonamides is 1. The van der Waals surface area contributed by atoms with E-state index < -0.39 is 15.6 Å². The monoisotopic (exact) mass is 298 g/mol. The van der Waals surface area contributed by atoms with Crippen molar-refractivity contribution in [3.63, 3.8) is 0 Å². The fourth-order valence-corrected chi connectivity index (χ4v) is 3.99. The number of hydrogen-bond donors (Lipinski definition) is 2. The average Bonchev–Trinajstić information content (AvgIpc) is 3.14. The molecule has 2 rings (SSSR count). The lowest BCUT2D eigenvalue weighted by Crippen LogP contribution is -2.45. The third-order valence-corrected chi connectivity index (χ3v) is 5.53. The number of nitrogens with one attached hydrogen (secondary N) is 1. The number of benzene rings is 1. The molecule has 6 heteroatoms. The summed E-state index contributed by atoms with van der Waals surface area (Å²) >= 11 is 0. The van der Waals surface area contributed by atoms with Crippen LogP contribution in [0.3, 0.4) is 0 Å². The van der Waals surface area contributed by atoms with E-state index >= 15 is 0 Å². The number of ether oxygens (including phenoxy) is 1. The molecule has 1 aliphatic rings. The molecular formula is C14H22N2O3S. The van der Waals surface area contributed by atoms with Crippen LogP contribution in [0.15, 0.2) is 17.0 Å². The van der Waals surface area contributed by atoms with Gasteiger partial charge in [-0.05, 0) is 57.2 Å². The lowest BCUT2D eigenvalue weighted by Gasteiger charge is -2.26. The minimum absolute atomic E-state index is 0.0943. The summed E-state index contributed by atoms with van der Waals surface area (Å²) in [5, 5.41) is 0. The Balaban J connectivity index is 2.41. The second kappa shape index (κ2) is 4.93. The molecule has 5 nitrogen and oxygen atoms in total. The molecule has 0 radical (unpaired) electrons.